The second kappa shape index (κ2) is 10.4. The fourth-order valence-corrected chi connectivity index (χ4v) is 2.75. The Labute approximate surface area is 168 Å². The van der Waals surface area contributed by atoms with Gasteiger partial charge in [-0.1, -0.05) is 42.5 Å². The van der Waals surface area contributed by atoms with Gasteiger partial charge in [-0.3, -0.25) is 14.4 Å². The van der Waals surface area contributed by atoms with Gasteiger partial charge in [0.1, 0.15) is 17.8 Å². The van der Waals surface area contributed by atoms with Gasteiger partial charge >= 0.3 is 0 Å². The van der Waals surface area contributed by atoms with E-state index >= 15 is 0 Å². The van der Waals surface area contributed by atoms with E-state index in [0.717, 1.165) is 11.1 Å². The van der Waals surface area contributed by atoms with Crippen LogP contribution in [0.5, 0.6) is 5.75 Å². The van der Waals surface area contributed by atoms with Crippen molar-refractivity contribution in [1.29, 1.82) is 0 Å². The Morgan fingerprint density at radius 3 is 2.04 bits per heavy atom. The quantitative estimate of drug-likeness (QED) is 0.394. The number of benzene rings is 2. The fourth-order valence-electron chi connectivity index (χ4n) is 2.66. The third-order valence-electron chi connectivity index (χ3n) is 4.11. The zero-order chi connectivity index (χ0) is 20.5. The molecule has 5 N–H and O–H groups in total. The second-order valence-corrected chi connectivity index (χ2v) is 6.62. The molecule has 0 aliphatic carbocycles. The number of phenols is 1. The zero-order valence-electron chi connectivity index (χ0n) is 15.2. The molecule has 0 aromatic heterocycles. The number of phenolic OH excluding ortho intramolecular Hbond substituents is 1. The van der Waals surface area contributed by atoms with E-state index in [2.05, 4.69) is 23.3 Å². The Bertz CT molecular complexity index is 812. The minimum atomic E-state index is -0.915. The minimum Gasteiger partial charge on any atom is -0.508 e. The zero-order valence-corrected chi connectivity index (χ0v) is 16.1. The van der Waals surface area contributed by atoms with Crippen LogP contribution in [0, 0.1) is 0 Å². The SMILES string of the molecule is NC(=O)[C@H](Cc1ccccc1)NC(=O)[C@H](Cc1ccc(O)cc1)NC(=O)CS. The van der Waals surface area contributed by atoms with Gasteiger partial charge in [-0.05, 0) is 23.3 Å². The number of aromatic hydroxyl groups is 1. The Kier molecular flexibility index (Phi) is 7.88. The lowest BCUT2D eigenvalue weighted by atomic mass is 10.0. The normalized spacial score (nSPS) is 12.6. The highest BCUT2D eigenvalue weighted by atomic mass is 32.1. The molecule has 148 valence electrons. The standard InChI is InChI=1S/C20H23N3O4S/c21-19(26)16(10-13-4-2-1-3-5-13)23-20(27)17(22-18(25)12-28)11-14-6-8-15(24)9-7-14/h1-9,16-17,24,28H,10-12H2,(H2,21,26)(H,22,25)(H,23,27)/t16-,17-/m0/s1. The highest BCUT2D eigenvalue weighted by molar-refractivity contribution is 7.81. The molecule has 0 aliphatic rings. The summed E-state index contributed by atoms with van der Waals surface area (Å²) in [6.45, 7) is 0. The van der Waals surface area contributed by atoms with Crippen molar-refractivity contribution in [3.8, 4) is 5.75 Å². The molecule has 0 saturated carbocycles. The van der Waals surface area contributed by atoms with Crippen molar-refractivity contribution in [2.45, 2.75) is 24.9 Å². The van der Waals surface area contributed by atoms with Gasteiger partial charge in [0.25, 0.3) is 0 Å². The Hall–Kier alpha value is -3.00. The molecule has 0 saturated heterocycles. The summed E-state index contributed by atoms with van der Waals surface area (Å²) in [6, 6.07) is 13.6. The van der Waals surface area contributed by atoms with Gasteiger partial charge in [0.15, 0.2) is 0 Å². The summed E-state index contributed by atoms with van der Waals surface area (Å²) < 4.78 is 0. The molecule has 2 aromatic rings. The van der Waals surface area contributed by atoms with Crippen LogP contribution in [0.1, 0.15) is 11.1 Å². The molecule has 0 fully saturated rings. The van der Waals surface area contributed by atoms with Gasteiger partial charge in [0.2, 0.25) is 17.7 Å². The predicted octanol–water partition coefficient (Wildman–Crippen LogP) is 0.562. The third kappa shape index (κ3) is 6.62. The van der Waals surface area contributed by atoms with Crippen LogP contribution in [0.15, 0.2) is 54.6 Å². The number of thiol groups is 1. The van der Waals surface area contributed by atoms with E-state index in [-0.39, 0.29) is 24.3 Å². The lowest BCUT2D eigenvalue weighted by Gasteiger charge is -2.22. The molecule has 0 unspecified atom stereocenters. The van der Waals surface area contributed by atoms with E-state index in [4.69, 9.17) is 5.73 Å². The van der Waals surface area contributed by atoms with Crippen LogP contribution in [0.25, 0.3) is 0 Å². The van der Waals surface area contributed by atoms with Crippen LogP contribution in [-0.4, -0.2) is 40.7 Å². The molecule has 8 heteroatoms. The number of nitrogens with two attached hydrogens (primary N) is 1. The molecular weight excluding hydrogens is 378 g/mol. The number of amides is 3. The van der Waals surface area contributed by atoms with Crippen molar-refractivity contribution in [2.24, 2.45) is 5.73 Å². The minimum absolute atomic E-state index is 0.0807. The Morgan fingerprint density at radius 2 is 1.46 bits per heavy atom. The summed E-state index contributed by atoms with van der Waals surface area (Å²) in [5, 5.41) is 14.6. The van der Waals surface area contributed by atoms with E-state index in [1.807, 2.05) is 30.3 Å². The average Bonchev–Trinajstić information content (AvgIpc) is 2.69. The number of hydrogen-bond donors (Lipinski definition) is 5. The number of nitrogens with one attached hydrogen (secondary N) is 2. The summed E-state index contributed by atoms with van der Waals surface area (Å²) in [4.78, 5) is 36.4. The Balaban J connectivity index is 2.13. The van der Waals surface area contributed by atoms with Crippen LogP contribution in [0.4, 0.5) is 0 Å². The fraction of sp³-hybridized carbons (Fsp3) is 0.250. The monoisotopic (exact) mass is 401 g/mol. The van der Waals surface area contributed by atoms with E-state index in [9.17, 15) is 19.5 Å². The molecule has 2 atom stereocenters. The van der Waals surface area contributed by atoms with Gasteiger partial charge in [0, 0.05) is 12.8 Å². The predicted molar refractivity (Wildman–Crippen MR) is 109 cm³/mol. The van der Waals surface area contributed by atoms with Gasteiger partial charge < -0.3 is 21.5 Å². The summed E-state index contributed by atoms with van der Waals surface area (Å²) >= 11 is 3.92. The van der Waals surface area contributed by atoms with Crippen molar-refractivity contribution in [2.75, 3.05) is 5.75 Å². The second-order valence-electron chi connectivity index (χ2n) is 6.30. The largest absolute Gasteiger partial charge is 0.508 e. The summed E-state index contributed by atoms with van der Waals surface area (Å²) in [5.74, 6) is -1.59. The highest BCUT2D eigenvalue weighted by Crippen LogP contribution is 2.12. The molecule has 7 nitrogen and oxygen atoms in total. The van der Waals surface area contributed by atoms with E-state index in [1.165, 1.54) is 12.1 Å². The van der Waals surface area contributed by atoms with Crippen molar-refractivity contribution >= 4 is 30.4 Å². The number of carbonyl (C=O) groups excluding carboxylic acids is 3. The Morgan fingerprint density at radius 1 is 0.893 bits per heavy atom. The third-order valence-corrected chi connectivity index (χ3v) is 4.40. The number of carbonyl (C=O) groups is 3. The maximum atomic E-state index is 12.8. The number of rotatable bonds is 9. The summed E-state index contributed by atoms with van der Waals surface area (Å²) in [7, 11) is 0. The van der Waals surface area contributed by atoms with Gasteiger partial charge in [0.05, 0.1) is 5.75 Å². The van der Waals surface area contributed by atoms with E-state index in [0.29, 0.717) is 0 Å². The molecule has 0 spiro atoms. The first-order chi connectivity index (χ1) is 13.4. The van der Waals surface area contributed by atoms with Crippen LogP contribution < -0.4 is 16.4 Å². The maximum Gasteiger partial charge on any atom is 0.243 e. The topological polar surface area (TPSA) is 122 Å². The number of hydrogen-bond acceptors (Lipinski definition) is 5. The highest BCUT2D eigenvalue weighted by Gasteiger charge is 2.26. The summed E-state index contributed by atoms with van der Waals surface area (Å²) in [5.41, 5.74) is 7.03. The molecule has 28 heavy (non-hydrogen) atoms. The van der Waals surface area contributed by atoms with Crippen LogP contribution in [0.3, 0.4) is 0 Å². The van der Waals surface area contributed by atoms with Crippen molar-refractivity contribution < 1.29 is 19.5 Å². The first-order valence-electron chi connectivity index (χ1n) is 8.70. The van der Waals surface area contributed by atoms with Crippen molar-refractivity contribution in [1.82, 2.24) is 10.6 Å². The molecule has 2 aromatic carbocycles. The molecule has 3 amide bonds. The van der Waals surface area contributed by atoms with Crippen molar-refractivity contribution in [3.63, 3.8) is 0 Å². The van der Waals surface area contributed by atoms with Gasteiger partial charge in [-0.2, -0.15) is 12.6 Å². The van der Waals surface area contributed by atoms with Crippen LogP contribution in [-0.2, 0) is 27.2 Å². The average molecular weight is 401 g/mol. The van der Waals surface area contributed by atoms with Crippen LogP contribution >= 0.6 is 12.6 Å². The molecule has 0 aliphatic heterocycles. The maximum absolute atomic E-state index is 12.8. The van der Waals surface area contributed by atoms with Gasteiger partial charge in [-0.15, -0.1) is 0 Å². The molecule has 0 heterocycles. The van der Waals surface area contributed by atoms with E-state index < -0.39 is 29.8 Å². The first-order valence-corrected chi connectivity index (χ1v) is 9.34. The molecule has 0 bridgehead atoms. The molecule has 0 radical (unpaired) electrons. The van der Waals surface area contributed by atoms with Crippen LogP contribution in [0.2, 0.25) is 0 Å². The van der Waals surface area contributed by atoms with Gasteiger partial charge in [-0.25, -0.2) is 0 Å². The lowest BCUT2D eigenvalue weighted by Crippen LogP contribution is -2.54. The lowest BCUT2D eigenvalue weighted by molar-refractivity contribution is -0.130. The van der Waals surface area contributed by atoms with E-state index in [1.54, 1.807) is 12.1 Å². The molecule has 2 rings (SSSR count). The smallest absolute Gasteiger partial charge is 0.243 e. The summed E-state index contributed by atoms with van der Waals surface area (Å²) in [6.07, 6.45) is 0.427. The van der Waals surface area contributed by atoms with Crippen molar-refractivity contribution in [3.05, 3.63) is 65.7 Å². The number of primary amides is 1. The molecular formula is C20H23N3O4S. The first kappa shape index (κ1) is 21.3.